The van der Waals surface area contributed by atoms with Crippen LogP contribution in [-0.2, 0) is 0 Å². The second-order valence-electron chi connectivity index (χ2n) is 1.85. The van der Waals surface area contributed by atoms with Crippen molar-refractivity contribution in [3.05, 3.63) is 34.0 Å². The SMILES string of the molecule is O=C(O)c1c[nH]cc(F)c1=O. The van der Waals surface area contributed by atoms with E-state index in [-0.39, 0.29) is 0 Å². The van der Waals surface area contributed by atoms with E-state index in [0.29, 0.717) is 0 Å². The molecule has 1 aromatic heterocycles. The molecule has 0 aliphatic carbocycles. The van der Waals surface area contributed by atoms with E-state index in [2.05, 4.69) is 4.98 Å². The average Bonchev–Trinajstić information content (AvgIpc) is 1.94. The Bertz CT molecular complexity index is 344. The Morgan fingerprint density at radius 1 is 1.55 bits per heavy atom. The molecule has 0 saturated carbocycles. The molecule has 0 spiro atoms. The van der Waals surface area contributed by atoms with Gasteiger partial charge in [-0.15, -0.1) is 0 Å². The number of hydrogen-bond donors (Lipinski definition) is 2. The van der Waals surface area contributed by atoms with Gasteiger partial charge in [0.1, 0.15) is 5.56 Å². The van der Waals surface area contributed by atoms with Crippen LogP contribution in [0.3, 0.4) is 0 Å². The molecule has 1 aromatic rings. The zero-order valence-electron chi connectivity index (χ0n) is 5.30. The number of carboxylic acid groups (broad SMARTS) is 1. The molecule has 0 radical (unpaired) electrons. The summed E-state index contributed by atoms with van der Waals surface area (Å²) in [7, 11) is 0. The van der Waals surface area contributed by atoms with Crippen molar-refractivity contribution in [3.63, 3.8) is 0 Å². The molecule has 0 aliphatic rings. The van der Waals surface area contributed by atoms with Gasteiger partial charge in [0.2, 0.25) is 5.43 Å². The van der Waals surface area contributed by atoms with Gasteiger partial charge in [0, 0.05) is 12.4 Å². The third-order valence-electron chi connectivity index (χ3n) is 1.13. The summed E-state index contributed by atoms with van der Waals surface area (Å²) in [6.45, 7) is 0. The summed E-state index contributed by atoms with van der Waals surface area (Å²) in [5, 5.41) is 8.30. The normalized spacial score (nSPS) is 9.55. The van der Waals surface area contributed by atoms with Crippen LogP contribution in [-0.4, -0.2) is 16.1 Å². The lowest BCUT2D eigenvalue weighted by Crippen LogP contribution is -2.17. The lowest BCUT2D eigenvalue weighted by atomic mass is 10.3. The highest BCUT2D eigenvalue weighted by atomic mass is 19.1. The minimum atomic E-state index is -1.44. The molecule has 0 fully saturated rings. The lowest BCUT2D eigenvalue weighted by molar-refractivity contribution is 0.0694. The maximum absolute atomic E-state index is 12.3. The van der Waals surface area contributed by atoms with Gasteiger partial charge in [-0.05, 0) is 0 Å². The molecule has 11 heavy (non-hydrogen) atoms. The Labute approximate surface area is 60.3 Å². The van der Waals surface area contributed by atoms with E-state index in [1.807, 2.05) is 0 Å². The standard InChI is InChI=1S/C6H4FNO3/c7-4-2-8-1-3(5(4)9)6(10)11/h1-2H,(H,8,9)(H,10,11). The molecular formula is C6H4FNO3. The molecule has 1 heterocycles. The van der Waals surface area contributed by atoms with Gasteiger partial charge in [0.15, 0.2) is 5.82 Å². The van der Waals surface area contributed by atoms with Gasteiger partial charge in [0.25, 0.3) is 0 Å². The summed E-state index contributed by atoms with van der Waals surface area (Å²) in [6.07, 6.45) is 1.74. The average molecular weight is 157 g/mol. The van der Waals surface area contributed by atoms with Crippen LogP contribution < -0.4 is 5.43 Å². The number of H-pyrrole nitrogens is 1. The minimum Gasteiger partial charge on any atom is -0.477 e. The largest absolute Gasteiger partial charge is 0.477 e. The van der Waals surface area contributed by atoms with Crippen molar-refractivity contribution in [3.8, 4) is 0 Å². The van der Waals surface area contributed by atoms with E-state index in [0.717, 1.165) is 12.4 Å². The van der Waals surface area contributed by atoms with Crippen LogP contribution in [0.4, 0.5) is 4.39 Å². The summed E-state index contributed by atoms with van der Waals surface area (Å²) >= 11 is 0. The topological polar surface area (TPSA) is 70.2 Å². The fourth-order valence-corrected chi connectivity index (χ4v) is 0.617. The second-order valence-corrected chi connectivity index (χ2v) is 1.85. The fraction of sp³-hybridized carbons (Fsp3) is 0. The highest BCUT2D eigenvalue weighted by Gasteiger charge is 2.10. The number of rotatable bonds is 1. The molecule has 0 unspecified atom stereocenters. The predicted octanol–water partition coefficient (Wildman–Crippen LogP) is 0.212. The molecule has 0 atom stereocenters. The lowest BCUT2D eigenvalue weighted by Gasteiger charge is -1.91. The maximum atomic E-state index is 12.3. The zero-order chi connectivity index (χ0) is 8.43. The number of aromatic carboxylic acids is 1. The molecule has 0 bridgehead atoms. The third-order valence-corrected chi connectivity index (χ3v) is 1.13. The number of pyridine rings is 1. The van der Waals surface area contributed by atoms with Gasteiger partial charge in [-0.2, -0.15) is 0 Å². The monoisotopic (exact) mass is 157 g/mol. The highest BCUT2D eigenvalue weighted by molar-refractivity contribution is 5.86. The van der Waals surface area contributed by atoms with Crippen molar-refractivity contribution in [2.45, 2.75) is 0 Å². The number of nitrogens with one attached hydrogen (secondary N) is 1. The smallest absolute Gasteiger partial charge is 0.341 e. The number of aromatic nitrogens is 1. The number of aromatic amines is 1. The van der Waals surface area contributed by atoms with Gasteiger partial charge in [-0.1, -0.05) is 0 Å². The number of carboxylic acids is 1. The molecule has 4 nitrogen and oxygen atoms in total. The Balaban J connectivity index is 3.40. The summed E-state index contributed by atoms with van der Waals surface area (Å²) in [4.78, 5) is 23.0. The van der Waals surface area contributed by atoms with Crippen molar-refractivity contribution in [1.82, 2.24) is 4.98 Å². The number of halogens is 1. The zero-order valence-corrected chi connectivity index (χ0v) is 5.30. The summed E-state index contributed by atoms with van der Waals surface area (Å²) in [5.41, 5.74) is -1.69. The van der Waals surface area contributed by atoms with Crippen molar-refractivity contribution in [2.75, 3.05) is 0 Å². The molecular weight excluding hydrogens is 153 g/mol. The van der Waals surface area contributed by atoms with Crippen molar-refractivity contribution >= 4 is 5.97 Å². The number of hydrogen-bond acceptors (Lipinski definition) is 2. The van der Waals surface area contributed by atoms with E-state index in [1.54, 1.807) is 0 Å². The van der Waals surface area contributed by atoms with Crippen LogP contribution in [0.5, 0.6) is 0 Å². The molecule has 2 N–H and O–H groups in total. The predicted molar refractivity (Wildman–Crippen MR) is 34.0 cm³/mol. The van der Waals surface area contributed by atoms with Gasteiger partial charge >= 0.3 is 5.97 Å². The minimum absolute atomic E-state index is 0.593. The first-order valence-corrected chi connectivity index (χ1v) is 2.73. The molecule has 5 heteroatoms. The van der Waals surface area contributed by atoms with Gasteiger partial charge in [0.05, 0.1) is 0 Å². The van der Waals surface area contributed by atoms with E-state index in [4.69, 9.17) is 5.11 Å². The Morgan fingerprint density at radius 3 is 2.64 bits per heavy atom. The first-order valence-electron chi connectivity index (χ1n) is 2.73. The van der Waals surface area contributed by atoms with Crippen LogP contribution in [0.25, 0.3) is 0 Å². The van der Waals surface area contributed by atoms with Crippen molar-refractivity contribution in [1.29, 1.82) is 0 Å². The Morgan fingerprint density at radius 2 is 2.18 bits per heavy atom. The molecule has 0 saturated heterocycles. The number of carbonyl (C=O) groups is 1. The fourth-order valence-electron chi connectivity index (χ4n) is 0.617. The summed E-state index contributed by atoms with van der Waals surface area (Å²) < 4.78 is 12.3. The Hall–Kier alpha value is -1.65. The van der Waals surface area contributed by atoms with Gasteiger partial charge in [-0.3, -0.25) is 4.79 Å². The van der Waals surface area contributed by atoms with Gasteiger partial charge < -0.3 is 10.1 Å². The molecule has 0 aliphatic heterocycles. The molecule has 58 valence electrons. The van der Waals surface area contributed by atoms with E-state index >= 15 is 0 Å². The van der Waals surface area contributed by atoms with Crippen LogP contribution in [0.15, 0.2) is 17.2 Å². The van der Waals surface area contributed by atoms with Crippen LogP contribution in [0.2, 0.25) is 0 Å². The second kappa shape index (κ2) is 2.53. The molecule has 1 rings (SSSR count). The van der Waals surface area contributed by atoms with E-state index in [1.165, 1.54) is 0 Å². The summed E-state index contributed by atoms with van der Waals surface area (Å²) in [6, 6.07) is 0. The highest BCUT2D eigenvalue weighted by Crippen LogP contribution is 1.90. The Kier molecular flexibility index (Phi) is 1.72. The first kappa shape index (κ1) is 7.46. The first-order chi connectivity index (χ1) is 5.13. The van der Waals surface area contributed by atoms with E-state index in [9.17, 15) is 14.0 Å². The summed E-state index contributed by atoms with van der Waals surface area (Å²) in [5.74, 6) is -2.53. The molecule has 0 amide bonds. The van der Waals surface area contributed by atoms with Crippen LogP contribution in [0, 0.1) is 5.82 Å². The van der Waals surface area contributed by atoms with Crippen molar-refractivity contribution < 1.29 is 14.3 Å². The van der Waals surface area contributed by atoms with Crippen LogP contribution in [0.1, 0.15) is 10.4 Å². The van der Waals surface area contributed by atoms with E-state index < -0.39 is 22.8 Å². The van der Waals surface area contributed by atoms with Crippen molar-refractivity contribution in [2.24, 2.45) is 0 Å². The quantitative estimate of drug-likeness (QED) is 0.612. The third kappa shape index (κ3) is 1.26. The van der Waals surface area contributed by atoms with Crippen LogP contribution >= 0.6 is 0 Å². The van der Waals surface area contributed by atoms with Gasteiger partial charge in [-0.25, -0.2) is 9.18 Å². The molecule has 0 aromatic carbocycles. The maximum Gasteiger partial charge on any atom is 0.341 e.